The summed E-state index contributed by atoms with van der Waals surface area (Å²) in [6.45, 7) is 2.45. The number of amides is 1. The van der Waals surface area contributed by atoms with Crippen LogP contribution in [0.3, 0.4) is 0 Å². The Morgan fingerprint density at radius 2 is 2.25 bits per heavy atom. The number of thioether (sulfide) groups is 1. The first-order valence-corrected chi connectivity index (χ1v) is 8.78. The molecule has 2 aliphatic rings. The monoisotopic (exact) mass is 311 g/mol. The van der Waals surface area contributed by atoms with Crippen molar-refractivity contribution in [1.29, 1.82) is 0 Å². The topological polar surface area (TPSA) is 57.6 Å². The molecule has 2 aliphatic heterocycles. The first kappa shape index (κ1) is 13.9. The van der Waals surface area contributed by atoms with Crippen molar-refractivity contribution in [2.24, 2.45) is 5.92 Å². The number of carbonyl (C=O) groups excluding carboxylic acids is 1. The van der Waals surface area contributed by atoms with Gasteiger partial charge in [0.25, 0.3) is 5.91 Å². The van der Waals surface area contributed by atoms with Crippen molar-refractivity contribution in [2.75, 3.05) is 12.3 Å². The van der Waals surface area contributed by atoms with Crippen molar-refractivity contribution < 1.29 is 14.7 Å². The van der Waals surface area contributed by atoms with Gasteiger partial charge in [-0.15, -0.1) is 11.3 Å². The second-order valence-electron chi connectivity index (χ2n) is 5.41. The van der Waals surface area contributed by atoms with E-state index in [1.165, 1.54) is 15.3 Å². The van der Waals surface area contributed by atoms with Crippen LogP contribution in [0.1, 0.15) is 33.5 Å². The van der Waals surface area contributed by atoms with Crippen LogP contribution in [0.2, 0.25) is 0 Å². The van der Waals surface area contributed by atoms with Gasteiger partial charge in [0.1, 0.15) is 6.04 Å². The SMILES string of the molecule is CC1CCN(C(=O)c2cc3c(s2)CCSC3)C1C(=O)O. The second kappa shape index (κ2) is 5.41. The molecule has 2 atom stereocenters. The molecular weight excluding hydrogens is 294 g/mol. The Balaban J connectivity index is 1.85. The third-order valence-electron chi connectivity index (χ3n) is 4.05. The van der Waals surface area contributed by atoms with Gasteiger partial charge in [0.15, 0.2) is 0 Å². The maximum atomic E-state index is 12.6. The van der Waals surface area contributed by atoms with Crippen LogP contribution in [0.4, 0.5) is 0 Å². The smallest absolute Gasteiger partial charge is 0.326 e. The summed E-state index contributed by atoms with van der Waals surface area (Å²) in [7, 11) is 0. The molecular formula is C14H17NO3S2. The maximum Gasteiger partial charge on any atom is 0.326 e. The van der Waals surface area contributed by atoms with Gasteiger partial charge in [0, 0.05) is 17.2 Å². The molecule has 108 valence electrons. The van der Waals surface area contributed by atoms with Crippen LogP contribution < -0.4 is 0 Å². The van der Waals surface area contributed by atoms with Crippen molar-refractivity contribution in [1.82, 2.24) is 4.90 Å². The zero-order valence-corrected chi connectivity index (χ0v) is 12.9. The predicted molar refractivity (Wildman–Crippen MR) is 80.4 cm³/mol. The number of hydrogen-bond acceptors (Lipinski definition) is 4. The first-order chi connectivity index (χ1) is 9.58. The van der Waals surface area contributed by atoms with E-state index in [0.29, 0.717) is 11.4 Å². The summed E-state index contributed by atoms with van der Waals surface area (Å²) in [4.78, 5) is 27.5. The fraction of sp³-hybridized carbons (Fsp3) is 0.571. The van der Waals surface area contributed by atoms with Gasteiger partial charge < -0.3 is 10.0 Å². The molecule has 6 heteroatoms. The number of fused-ring (bicyclic) bond motifs is 1. The molecule has 0 bridgehead atoms. The van der Waals surface area contributed by atoms with E-state index < -0.39 is 12.0 Å². The highest BCUT2D eigenvalue weighted by molar-refractivity contribution is 7.98. The number of rotatable bonds is 2. The van der Waals surface area contributed by atoms with Crippen molar-refractivity contribution in [2.45, 2.75) is 31.6 Å². The molecule has 20 heavy (non-hydrogen) atoms. The lowest BCUT2D eigenvalue weighted by atomic mass is 10.0. The molecule has 0 radical (unpaired) electrons. The number of carbonyl (C=O) groups is 2. The molecule has 4 nitrogen and oxygen atoms in total. The molecule has 1 aromatic rings. The average molecular weight is 311 g/mol. The third kappa shape index (κ3) is 2.35. The highest BCUT2D eigenvalue weighted by Gasteiger charge is 2.40. The summed E-state index contributed by atoms with van der Waals surface area (Å²) in [5, 5.41) is 9.32. The van der Waals surface area contributed by atoms with E-state index in [1.54, 1.807) is 11.3 Å². The van der Waals surface area contributed by atoms with Gasteiger partial charge in [-0.3, -0.25) is 4.79 Å². The quantitative estimate of drug-likeness (QED) is 0.911. The van der Waals surface area contributed by atoms with Crippen molar-refractivity contribution >= 4 is 35.0 Å². The van der Waals surface area contributed by atoms with Crippen molar-refractivity contribution in [3.8, 4) is 0 Å². The van der Waals surface area contributed by atoms with Crippen LogP contribution in [-0.2, 0) is 17.0 Å². The number of hydrogen-bond donors (Lipinski definition) is 1. The van der Waals surface area contributed by atoms with Gasteiger partial charge in [-0.2, -0.15) is 11.8 Å². The molecule has 0 aliphatic carbocycles. The van der Waals surface area contributed by atoms with E-state index in [1.807, 2.05) is 24.8 Å². The zero-order valence-electron chi connectivity index (χ0n) is 11.3. The summed E-state index contributed by atoms with van der Waals surface area (Å²) >= 11 is 3.44. The molecule has 3 rings (SSSR count). The number of thiophene rings is 1. The number of aryl methyl sites for hydroxylation is 1. The first-order valence-electron chi connectivity index (χ1n) is 6.81. The second-order valence-corrected chi connectivity index (χ2v) is 7.65. The maximum absolute atomic E-state index is 12.6. The van der Waals surface area contributed by atoms with Crippen LogP contribution in [0.25, 0.3) is 0 Å². The van der Waals surface area contributed by atoms with Gasteiger partial charge in [0.2, 0.25) is 0 Å². The lowest BCUT2D eigenvalue weighted by molar-refractivity contribution is -0.142. The van der Waals surface area contributed by atoms with Gasteiger partial charge in [0.05, 0.1) is 4.88 Å². The molecule has 1 aromatic heterocycles. The number of likely N-dealkylation sites (tertiary alicyclic amines) is 1. The van der Waals surface area contributed by atoms with E-state index in [9.17, 15) is 14.7 Å². The summed E-state index contributed by atoms with van der Waals surface area (Å²) in [6.07, 6.45) is 1.79. The third-order valence-corrected chi connectivity index (χ3v) is 6.29. The normalized spacial score (nSPS) is 25.6. The van der Waals surface area contributed by atoms with E-state index in [-0.39, 0.29) is 11.8 Å². The van der Waals surface area contributed by atoms with Crippen molar-refractivity contribution in [3.05, 3.63) is 21.4 Å². The molecule has 1 amide bonds. The molecule has 0 spiro atoms. The van der Waals surface area contributed by atoms with Crippen LogP contribution >= 0.6 is 23.1 Å². The summed E-state index contributed by atoms with van der Waals surface area (Å²) < 4.78 is 0. The van der Waals surface area contributed by atoms with E-state index in [4.69, 9.17) is 0 Å². The standard InChI is InChI=1S/C14H17NO3S2/c1-8-2-4-15(12(8)14(17)18)13(16)11-6-9-7-19-5-3-10(9)20-11/h6,8,12H,2-5,7H2,1H3,(H,17,18). The molecule has 1 N–H and O–H groups in total. The minimum absolute atomic E-state index is 0.0293. The Bertz CT molecular complexity index is 531. The van der Waals surface area contributed by atoms with Crippen LogP contribution in [-0.4, -0.2) is 40.2 Å². The minimum atomic E-state index is -0.889. The lowest BCUT2D eigenvalue weighted by Crippen LogP contribution is -2.42. The Morgan fingerprint density at radius 1 is 1.45 bits per heavy atom. The number of aliphatic carboxylic acids is 1. The highest BCUT2D eigenvalue weighted by Crippen LogP contribution is 2.34. The minimum Gasteiger partial charge on any atom is -0.480 e. The molecule has 1 saturated heterocycles. The van der Waals surface area contributed by atoms with E-state index in [2.05, 4.69) is 0 Å². The van der Waals surface area contributed by atoms with Crippen LogP contribution in [0.5, 0.6) is 0 Å². The Hall–Kier alpha value is -1.01. The number of carboxylic acids is 1. The lowest BCUT2D eigenvalue weighted by Gasteiger charge is -2.22. The Kier molecular flexibility index (Phi) is 3.77. The zero-order chi connectivity index (χ0) is 14.3. The predicted octanol–water partition coefficient (Wildman–Crippen LogP) is 2.47. The van der Waals surface area contributed by atoms with Crippen LogP contribution in [0, 0.1) is 5.92 Å². The van der Waals surface area contributed by atoms with Gasteiger partial charge >= 0.3 is 5.97 Å². The van der Waals surface area contributed by atoms with Gasteiger partial charge in [-0.05, 0) is 36.1 Å². The summed E-state index contributed by atoms with van der Waals surface area (Å²) in [5.74, 6) is 1.12. The average Bonchev–Trinajstić information content (AvgIpc) is 3.00. The summed E-state index contributed by atoms with van der Waals surface area (Å²) in [6, 6.07) is 1.30. The van der Waals surface area contributed by atoms with Gasteiger partial charge in [-0.1, -0.05) is 6.92 Å². The largest absolute Gasteiger partial charge is 0.480 e. The fourth-order valence-electron chi connectivity index (χ4n) is 2.95. The summed E-state index contributed by atoms with van der Waals surface area (Å²) in [5.41, 5.74) is 1.26. The van der Waals surface area contributed by atoms with Crippen LogP contribution in [0.15, 0.2) is 6.07 Å². The number of carboxylic acid groups (broad SMARTS) is 1. The van der Waals surface area contributed by atoms with E-state index >= 15 is 0 Å². The number of nitrogens with zero attached hydrogens (tertiary/aromatic N) is 1. The molecule has 0 saturated carbocycles. The molecule has 0 aromatic carbocycles. The Labute approximate surface area is 126 Å². The van der Waals surface area contributed by atoms with Gasteiger partial charge in [-0.25, -0.2) is 4.79 Å². The van der Waals surface area contributed by atoms with E-state index in [0.717, 1.165) is 24.3 Å². The fourth-order valence-corrected chi connectivity index (χ4v) is 5.27. The molecule has 3 heterocycles. The molecule has 1 fully saturated rings. The Morgan fingerprint density at radius 3 is 2.95 bits per heavy atom. The van der Waals surface area contributed by atoms with Crippen molar-refractivity contribution in [3.63, 3.8) is 0 Å². The highest BCUT2D eigenvalue weighted by atomic mass is 32.2. The molecule has 2 unspecified atom stereocenters.